The highest BCUT2D eigenvalue weighted by molar-refractivity contribution is 6.30. The Morgan fingerprint density at radius 1 is 1.23 bits per heavy atom. The van der Waals surface area contributed by atoms with Gasteiger partial charge in [0.1, 0.15) is 0 Å². The van der Waals surface area contributed by atoms with Crippen LogP contribution in [0.15, 0.2) is 30.2 Å². The maximum absolute atomic E-state index is 8.68. The molecule has 0 aliphatic rings. The lowest BCUT2D eigenvalue weighted by Gasteiger charge is -1.90. The summed E-state index contributed by atoms with van der Waals surface area (Å²) >= 11 is 5.60. The van der Waals surface area contributed by atoms with Gasteiger partial charge in [-0.2, -0.15) is 0 Å². The van der Waals surface area contributed by atoms with E-state index in [1.807, 2.05) is 0 Å². The minimum atomic E-state index is -1.04. The van der Waals surface area contributed by atoms with E-state index >= 15 is 0 Å². The maximum Gasteiger partial charge on any atom is 0.470 e. The van der Waals surface area contributed by atoms with Crippen molar-refractivity contribution >= 4 is 17.3 Å². The van der Waals surface area contributed by atoms with Crippen LogP contribution in [0.4, 0.5) is 0 Å². The quantitative estimate of drug-likeness (QED) is 0.537. The van der Waals surface area contributed by atoms with Crippen molar-refractivity contribution in [3.05, 3.63) is 45.8 Å². The van der Waals surface area contributed by atoms with E-state index in [1.165, 1.54) is 12.1 Å². The Bertz CT molecular complexity index is 374. The first-order valence-electron chi connectivity index (χ1n) is 3.38. The van der Waals surface area contributed by atoms with Crippen LogP contribution in [0.5, 0.6) is 0 Å². The molecule has 0 fully saturated rings. The molecular formula is C8H6ClN2O2+. The van der Waals surface area contributed by atoms with Gasteiger partial charge in [-0.3, -0.25) is 0 Å². The van der Waals surface area contributed by atoms with Crippen molar-refractivity contribution in [3.8, 4) is 0 Å². The predicted octanol–water partition coefficient (Wildman–Crippen LogP) is 2.94. The van der Waals surface area contributed by atoms with Crippen LogP contribution in [0.2, 0.25) is 5.02 Å². The summed E-state index contributed by atoms with van der Waals surface area (Å²) in [5.41, 5.74) is 0.0727. The fourth-order valence-electron chi connectivity index (χ4n) is 0.839. The van der Waals surface area contributed by atoms with Crippen molar-refractivity contribution in [2.75, 3.05) is 0 Å². The number of nitrogens with zero attached hydrogens (tertiary/aromatic N) is 2. The molecule has 5 heteroatoms. The molecule has 0 heterocycles. The molecule has 0 aromatic heterocycles. The predicted molar refractivity (Wildman–Crippen MR) is 48.7 cm³/mol. The zero-order valence-electron chi connectivity index (χ0n) is 6.48. The van der Waals surface area contributed by atoms with E-state index in [0.29, 0.717) is 10.6 Å². The van der Waals surface area contributed by atoms with Gasteiger partial charge in [-0.1, -0.05) is 11.6 Å². The van der Waals surface area contributed by atoms with E-state index in [9.17, 15) is 0 Å². The SMILES string of the molecule is N#[N+]C(=C(O)O)c1ccc(Cl)cc1. The van der Waals surface area contributed by atoms with Crippen LogP contribution in [0.3, 0.4) is 0 Å². The first kappa shape index (κ1) is 9.36. The highest BCUT2D eigenvalue weighted by Gasteiger charge is 2.21. The third kappa shape index (κ3) is 2.10. The van der Waals surface area contributed by atoms with Crippen LogP contribution in [0.1, 0.15) is 5.56 Å². The van der Waals surface area contributed by atoms with Gasteiger partial charge in [0.15, 0.2) is 4.98 Å². The van der Waals surface area contributed by atoms with Crippen molar-refractivity contribution in [1.29, 1.82) is 5.39 Å². The topological polar surface area (TPSA) is 68.6 Å². The van der Waals surface area contributed by atoms with Crippen LogP contribution in [0.25, 0.3) is 10.7 Å². The molecule has 1 aromatic carbocycles. The van der Waals surface area contributed by atoms with Gasteiger partial charge in [0.2, 0.25) is 5.39 Å². The molecule has 0 bridgehead atoms. The maximum atomic E-state index is 8.68. The third-order valence-electron chi connectivity index (χ3n) is 1.43. The number of hydrogen-bond donors (Lipinski definition) is 2. The van der Waals surface area contributed by atoms with Gasteiger partial charge in [-0.25, -0.2) is 0 Å². The number of aliphatic hydroxyl groups is 2. The summed E-state index contributed by atoms with van der Waals surface area (Å²) in [4.78, 5) is 2.72. The van der Waals surface area contributed by atoms with Gasteiger partial charge >= 0.3 is 11.6 Å². The van der Waals surface area contributed by atoms with Crippen molar-refractivity contribution in [2.24, 2.45) is 0 Å². The minimum Gasteiger partial charge on any atom is -0.475 e. The molecule has 66 valence electrons. The minimum absolute atomic E-state index is 0.295. The van der Waals surface area contributed by atoms with Crippen LogP contribution in [-0.4, -0.2) is 10.2 Å². The lowest BCUT2D eigenvalue weighted by Crippen LogP contribution is -1.85. The van der Waals surface area contributed by atoms with Gasteiger partial charge in [-0.05, 0) is 24.3 Å². The molecule has 1 rings (SSSR count). The highest BCUT2D eigenvalue weighted by atomic mass is 35.5. The summed E-state index contributed by atoms with van der Waals surface area (Å²) in [7, 11) is 0. The lowest BCUT2D eigenvalue weighted by molar-refractivity contribution is 0.195. The molecule has 1 aromatic rings. The lowest BCUT2D eigenvalue weighted by atomic mass is 10.2. The van der Waals surface area contributed by atoms with Crippen molar-refractivity contribution in [2.45, 2.75) is 0 Å². The zero-order valence-corrected chi connectivity index (χ0v) is 7.23. The Hall–Kier alpha value is -1.73. The molecule has 0 unspecified atom stereocenters. The molecular weight excluding hydrogens is 192 g/mol. The van der Waals surface area contributed by atoms with Crippen molar-refractivity contribution < 1.29 is 10.2 Å². The second-order valence-corrected chi connectivity index (χ2v) is 2.72. The molecule has 4 nitrogen and oxygen atoms in total. The summed E-state index contributed by atoms with van der Waals surface area (Å²) in [6.07, 6.45) is 0. The Labute approximate surface area is 79.3 Å². The average molecular weight is 198 g/mol. The summed E-state index contributed by atoms with van der Waals surface area (Å²) in [6, 6.07) is 6.10. The largest absolute Gasteiger partial charge is 0.475 e. The molecule has 0 atom stereocenters. The number of hydrogen-bond acceptors (Lipinski definition) is 3. The van der Waals surface area contributed by atoms with E-state index in [2.05, 4.69) is 4.98 Å². The van der Waals surface area contributed by atoms with Gasteiger partial charge in [-0.15, -0.1) is 0 Å². The molecule has 0 spiro atoms. The van der Waals surface area contributed by atoms with E-state index in [1.54, 1.807) is 12.1 Å². The molecule has 0 aliphatic heterocycles. The Balaban J connectivity index is 3.17. The Morgan fingerprint density at radius 3 is 2.15 bits per heavy atom. The molecule has 0 aliphatic carbocycles. The summed E-state index contributed by atoms with van der Waals surface area (Å²) in [5, 5.41) is 26.3. The van der Waals surface area contributed by atoms with Gasteiger partial charge in [0.25, 0.3) is 0 Å². The second kappa shape index (κ2) is 3.78. The van der Waals surface area contributed by atoms with E-state index in [4.69, 9.17) is 27.2 Å². The smallest absolute Gasteiger partial charge is 0.470 e. The number of benzene rings is 1. The van der Waals surface area contributed by atoms with E-state index < -0.39 is 5.95 Å². The molecule has 0 radical (unpaired) electrons. The van der Waals surface area contributed by atoms with Crippen molar-refractivity contribution in [3.63, 3.8) is 0 Å². The average Bonchev–Trinajstić information content (AvgIpc) is 2.09. The zero-order chi connectivity index (χ0) is 9.84. The highest BCUT2D eigenvalue weighted by Crippen LogP contribution is 2.19. The standard InChI is InChI=1S/C8H5ClN2O2/c9-6-3-1-5(2-4-6)7(11-10)8(12)13/h1-4H,(H-,12,13)/p+1. The summed E-state index contributed by atoms with van der Waals surface area (Å²) in [6.45, 7) is 0. The van der Waals surface area contributed by atoms with Crippen LogP contribution >= 0.6 is 11.6 Å². The molecule has 0 amide bonds. The molecule has 0 saturated heterocycles. The Kier molecular flexibility index (Phi) is 2.72. The second-order valence-electron chi connectivity index (χ2n) is 2.28. The number of halogens is 1. The fourth-order valence-corrected chi connectivity index (χ4v) is 0.965. The first-order chi connectivity index (χ1) is 6.15. The number of diazo groups is 1. The molecule has 13 heavy (non-hydrogen) atoms. The summed E-state index contributed by atoms with van der Waals surface area (Å²) in [5.74, 6) is -1.04. The first-order valence-corrected chi connectivity index (χ1v) is 3.76. The van der Waals surface area contributed by atoms with Gasteiger partial charge in [0.05, 0.1) is 5.56 Å². The summed E-state index contributed by atoms with van der Waals surface area (Å²) < 4.78 is 0. The van der Waals surface area contributed by atoms with E-state index in [-0.39, 0.29) is 5.70 Å². The number of rotatable bonds is 1. The molecule has 0 saturated carbocycles. The van der Waals surface area contributed by atoms with Crippen LogP contribution in [0, 0.1) is 5.39 Å². The van der Waals surface area contributed by atoms with E-state index in [0.717, 1.165) is 0 Å². The van der Waals surface area contributed by atoms with Gasteiger partial charge in [0, 0.05) is 5.02 Å². The van der Waals surface area contributed by atoms with Crippen LogP contribution < -0.4 is 0 Å². The van der Waals surface area contributed by atoms with Crippen molar-refractivity contribution in [1.82, 2.24) is 0 Å². The third-order valence-corrected chi connectivity index (χ3v) is 1.68. The molecule has 2 N–H and O–H groups in total. The van der Waals surface area contributed by atoms with Crippen LogP contribution in [-0.2, 0) is 0 Å². The monoisotopic (exact) mass is 197 g/mol. The number of aliphatic hydroxyl groups excluding tert-OH is 1. The normalized spacial score (nSPS) is 8.92. The fraction of sp³-hybridized carbons (Fsp3) is 0. The van der Waals surface area contributed by atoms with Gasteiger partial charge < -0.3 is 10.2 Å². The Morgan fingerprint density at radius 2 is 1.77 bits per heavy atom.